The highest BCUT2D eigenvalue weighted by atomic mass is 32.2. The van der Waals surface area contributed by atoms with E-state index in [-0.39, 0.29) is 22.8 Å². The van der Waals surface area contributed by atoms with Gasteiger partial charge in [0.15, 0.2) is 9.84 Å². The van der Waals surface area contributed by atoms with E-state index in [9.17, 15) is 13.2 Å². The molecule has 1 heterocycles. The number of rotatable bonds is 5. The lowest BCUT2D eigenvalue weighted by Crippen LogP contribution is -2.40. The minimum absolute atomic E-state index is 0.000611. The van der Waals surface area contributed by atoms with E-state index in [1.54, 1.807) is 29.0 Å². The fourth-order valence-corrected chi connectivity index (χ4v) is 4.36. The first kappa shape index (κ1) is 17.9. The Balaban J connectivity index is 1.33. The van der Waals surface area contributed by atoms with Gasteiger partial charge in [-0.1, -0.05) is 6.07 Å². The Bertz CT molecular complexity index is 1080. The van der Waals surface area contributed by atoms with Crippen LogP contribution in [0.2, 0.25) is 0 Å². The molecule has 0 aliphatic heterocycles. The Hall–Kier alpha value is -2.45. The van der Waals surface area contributed by atoms with Gasteiger partial charge in [-0.3, -0.25) is 4.79 Å². The number of benzene rings is 2. The topological polar surface area (TPSA) is 85.4 Å². The Morgan fingerprint density at radius 1 is 1.19 bits per heavy atom. The lowest BCUT2D eigenvalue weighted by Gasteiger charge is -2.34. The van der Waals surface area contributed by atoms with Gasteiger partial charge in [0, 0.05) is 17.9 Å². The molecule has 2 aromatic carbocycles. The van der Waals surface area contributed by atoms with E-state index < -0.39 is 9.84 Å². The predicted octanol–water partition coefficient (Wildman–Crippen LogP) is 3.50. The summed E-state index contributed by atoms with van der Waals surface area (Å²) in [6.07, 6.45) is 2.45. The SMILES string of the molecule is CS(=O)(=O)c1ccc(NC(=O)[C@H]2C[C@H](Oc3cccc4scnc34)C2)cc1. The van der Waals surface area contributed by atoms with Crippen molar-refractivity contribution >= 4 is 43.0 Å². The van der Waals surface area contributed by atoms with Gasteiger partial charge in [0.1, 0.15) is 17.4 Å². The number of carbonyl (C=O) groups is 1. The third-order valence-electron chi connectivity index (χ3n) is 4.63. The van der Waals surface area contributed by atoms with E-state index in [1.165, 1.54) is 12.1 Å². The van der Waals surface area contributed by atoms with Gasteiger partial charge in [0.2, 0.25) is 5.91 Å². The van der Waals surface area contributed by atoms with Crippen LogP contribution in [0.1, 0.15) is 12.8 Å². The van der Waals surface area contributed by atoms with E-state index in [2.05, 4.69) is 10.3 Å². The van der Waals surface area contributed by atoms with Crippen molar-refractivity contribution in [3.05, 3.63) is 48.0 Å². The summed E-state index contributed by atoms with van der Waals surface area (Å²) in [5.41, 5.74) is 3.24. The molecule has 1 amide bonds. The molecule has 1 saturated carbocycles. The molecule has 1 fully saturated rings. The number of hydrogen-bond acceptors (Lipinski definition) is 6. The maximum Gasteiger partial charge on any atom is 0.227 e. The van der Waals surface area contributed by atoms with Gasteiger partial charge >= 0.3 is 0 Å². The van der Waals surface area contributed by atoms with Crippen LogP contribution in [0.3, 0.4) is 0 Å². The number of fused-ring (bicyclic) bond motifs is 1. The number of hydrogen-bond donors (Lipinski definition) is 1. The van der Waals surface area contributed by atoms with Gasteiger partial charge in [0.05, 0.1) is 15.1 Å². The highest BCUT2D eigenvalue weighted by Gasteiger charge is 2.36. The second-order valence-electron chi connectivity index (χ2n) is 6.65. The molecule has 1 N–H and O–H groups in total. The van der Waals surface area contributed by atoms with Gasteiger partial charge < -0.3 is 10.1 Å². The first-order chi connectivity index (χ1) is 12.9. The molecule has 0 radical (unpaired) electrons. The number of nitrogens with zero attached hydrogens (tertiary/aromatic N) is 1. The summed E-state index contributed by atoms with van der Waals surface area (Å²) >= 11 is 1.57. The largest absolute Gasteiger partial charge is 0.488 e. The van der Waals surface area contributed by atoms with Gasteiger partial charge in [-0.05, 0) is 49.2 Å². The van der Waals surface area contributed by atoms with Crippen molar-refractivity contribution in [2.45, 2.75) is 23.8 Å². The van der Waals surface area contributed by atoms with Crippen LogP contribution in [0.25, 0.3) is 10.2 Å². The van der Waals surface area contributed by atoms with Crippen LogP contribution in [0.4, 0.5) is 5.69 Å². The number of nitrogens with one attached hydrogen (secondary N) is 1. The normalized spacial score (nSPS) is 19.4. The lowest BCUT2D eigenvalue weighted by molar-refractivity contribution is -0.125. The molecule has 0 saturated heterocycles. The van der Waals surface area contributed by atoms with Crippen molar-refractivity contribution in [2.24, 2.45) is 5.92 Å². The first-order valence-electron chi connectivity index (χ1n) is 8.50. The molecular formula is C19H18N2O4S2. The summed E-state index contributed by atoms with van der Waals surface area (Å²) in [4.78, 5) is 16.9. The summed E-state index contributed by atoms with van der Waals surface area (Å²) in [5.74, 6) is 0.571. The molecule has 0 bridgehead atoms. The molecule has 1 aromatic heterocycles. The van der Waals surface area contributed by atoms with Crippen molar-refractivity contribution in [2.75, 3.05) is 11.6 Å². The Morgan fingerprint density at radius 3 is 2.63 bits per heavy atom. The maximum atomic E-state index is 12.4. The first-order valence-corrected chi connectivity index (χ1v) is 11.3. The number of para-hydroxylation sites is 1. The molecule has 4 rings (SSSR count). The van der Waals surface area contributed by atoms with E-state index in [4.69, 9.17) is 4.74 Å². The van der Waals surface area contributed by atoms with Crippen LogP contribution < -0.4 is 10.1 Å². The number of sulfone groups is 1. The van der Waals surface area contributed by atoms with E-state index in [1.807, 2.05) is 18.2 Å². The van der Waals surface area contributed by atoms with Crippen LogP contribution in [0.5, 0.6) is 5.75 Å². The van der Waals surface area contributed by atoms with Crippen molar-refractivity contribution in [1.29, 1.82) is 0 Å². The van der Waals surface area contributed by atoms with Gasteiger partial charge in [-0.15, -0.1) is 11.3 Å². The summed E-state index contributed by atoms with van der Waals surface area (Å²) in [5, 5.41) is 2.83. The van der Waals surface area contributed by atoms with Gasteiger partial charge in [0.25, 0.3) is 0 Å². The van der Waals surface area contributed by atoms with E-state index in [0.29, 0.717) is 18.5 Å². The van der Waals surface area contributed by atoms with Crippen LogP contribution in [0, 0.1) is 5.92 Å². The van der Waals surface area contributed by atoms with E-state index >= 15 is 0 Å². The molecule has 6 nitrogen and oxygen atoms in total. The minimum atomic E-state index is -3.24. The number of thiazole rings is 1. The molecule has 0 unspecified atom stereocenters. The molecular weight excluding hydrogens is 384 g/mol. The smallest absolute Gasteiger partial charge is 0.227 e. The zero-order chi connectivity index (χ0) is 19.0. The third kappa shape index (κ3) is 3.81. The Labute approximate surface area is 161 Å². The molecule has 0 spiro atoms. The maximum absolute atomic E-state index is 12.4. The van der Waals surface area contributed by atoms with Gasteiger partial charge in [-0.2, -0.15) is 0 Å². The lowest BCUT2D eigenvalue weighted by atomic mass is 9.81. The molecule has 8 heteroatoms. The number of aromatic nitrogens is 1. The van der Waals surface area contributed by atoms with E-state index in [0.717, 1.165) is 22.2 Å². The number of ether oxygens (including phenoxy) is 1. The summed E-state index contributed by atoms with van der Waals surface area (Å²) < 4.78 is 30.0. The van der Waals surface area contributed by atoms with Crippen molar-refractivity contribution in [3.8, 4) is 5.75 Å². The molecule has 27 heavy (non-hydrogen) atoms. The third-order valence-corrected chi connectivity index (χ3v) is 6.56. The second-order valence-corrected chi connectivity index (χ2v) is 9.55. The number of carbonyl (C=O) groups excluding carboxylic acids is 1. The fourth-order valence-electron chi connectivity index (χ4n) is 3.04. The average Bonchev–Trinajstić information content (AvgIpc) is 3.06. The minimum Gasteiger partial charge on any atom is -0.488 e. The predicted molar refractivity (Wildman–Crippen MR) is 105 cm³/mol. The number of anilines is 1. The Morgan fingerprint density at radius 2 is 1.93 bits per heavy atom. The van der Waals surface area contributed by atoms with Crippen molar-refractivity contribution < 1.29 is 17.9 Å². The second kappa shape index (κ2) is 6.94. The van der Waals surface area contributed by atoms with Crippen molar-refractivity contribution in [1.82, 2.24) is 4.98 Å². The molecule has 3 aromatic rings. The van der Waals surface area contributed by atoms with Crippen LogP contribution in [0.15, 0.2) is 52.9 Å². The average molecular weight is 402 g/mol. The number of amides is 1. The molecule has 1 aliphatic carbocycles. The Kier molecular flexibility index (Phi) is 4.61. The molecule has 0 atom stereocenters. The zero-order valence-corrected chi connectivity index (χ0v) is 16.2. The summed E-state index contributed by atoms with van der Waals surface area (Å²) in [6.45, 7) is 0. The monoisotopic (exact) mass is 402 g/mol. The highest BCUT2D eigenvalue weighted by Crippen LogP contribution is 2.35. The van der Waals surface area contributed by atoms with Crippen LogP contribution in [-0.2, 0) is 14.6 Å². The summed E-state index contributed by atoms with van der Waals surface area (Å²) in [6, 6.07) is 12.0. The molecule has 140 valence electrons. The zero-order valence-electron chi connectivity index (χ0n) is 14.6. The van der Waals surface area contributed by atoms with Crippen LogP contribution >= 0.6 is 11.3 Å². The van der Waals surface area contributed by atoms with Crippen LogP contribution in [-0.4, -0.2) is 31.7 Å². The van der Waals surface area contributed by atoms with Crippen molar-refractivity contribution in [3.63, 3.8) is 0 Å². The standard InChI is InChI=1S/C19H18N2O4S2/c1-27(23,24)15-7-5-13(6-8-15)21-19(22)12-9-14(10-12)25-16-3-2-4-17-18(16)20-11-26-17/h2-8,11-12,14H,9-10H2,1H3,(H,21,22)/t12-,14-. The fraction of sp³-hybridized carbons (Fsp3) is 0.263. The quantitative estimate of drug-likeness (QED) is 0.706. The highest BCUT2D eigenvalue weighted by molar-refractivity contribution is 7.90. The summed E-state index contributed by atoms with van der Waals surface area (Å²) in [7, 11) is -3.24. The van der Waals surface area contributed by atoms with Gasteiger partial charge in [-0.25, -0.2) is 13.4 Å². The molecule has 1 aliphatic rings.